The maximum absolute atomic E-state index is 13.9. The number of halogens is 4. The summed E-state index contributed by atoms with van der Waals surface area (Å²) < 4.78 is 52.9. The van der Waals surface area contributed by atoms with Crippen molar-refractivity contribution >= 4 is 23.3 Å². The molecule has 31 heavy (non-hydrogen) atoms. The Labute approximate surface area is 181 Å². The number of amides is 1. The average molecular weight is 459 g/mol. The number of fused-ring (bicyclic) bond motifs is 1. The van der Waals surface area contributed by atoms with Crippen LogP contribution in [0.4, 0.5) is 19.0 Å². The first kappa shape index (κ1) is 21.8. The molecular formula is C20H22ClF3N4O3. The molecule has 3 heterocycles. The Morgan fingerprint density at radius 1 is 1.39 bits per heavy atom. The number of aromatic nitrogens is 2. The van der Waals surface area contributed by atoms with E-state index in [0.29, 0.717) is 17.9 Å². The summed E-state index contributed by atoms with van der Waals surface area (Å²) in [6.45, 7) is 0.881. The molecule has 1 aromatic heterocycles. The Balaban J connectivity index is 1.61. The minimum atomic E-state index is -4.57. The van der Waals surface area contributed by atoms with E-state index in [4.69, 9.17) is 21.1 Å². The van der Waals surface area contributed by atoms with Crippen LogP contribution in [0.2, 0.25) is 5.02 Å². The Hall–Kier alpha value is -2.46. The highest BCUT2D eigenvalue weighted by Crippen LogP contribution is 2.46. The van der Waals surface area contributed by atoms with E-state index in [0.717, 1.165) is 17.5 Å². The lowest BCUT2D eigenvalue weighted by molar-refractivity contribution is -0.173. The van der Waals surface area contributed by atoms with E-state index in [9.17, 15) is 18.0 Å². The van der Waals surface area contributed by atoms with Gasteiger partial charge in [0, 0.05) is 19.6 Å². The number of hydrogen-bond acceptors (Lipinski definition) is 5. The minimum absolute atomic E-state index is 0.0293. The molecule has 2 aliphatic heterocycles. The number of hydrogen-bond donors (Lipinski definition) is 2. The molecule has 1 saturated heterocycles. The standard InChI is InChI=1S/C20H22ClF3N4O3/c1-30-12-6-4-11(5-7-12)14-9-15(20(22,23)24)28-18(26-14)16(21)17(27-28)19(29)25-10-13-3-2-8-31-13/h4-7,13-15,26H,2-3,8-10H2,1H3,(H,25,29)/t13-,14-,15-/m0/s1. The van der Waals surface area contributed by atoms with Crippen molar-refractivity contribution in [1.29, 1.82) is 0 Å². The van der Waals surface area contributed by atoms with Crippen molar-refractivity contribution in [2.45, 2.75) is 43.6 Å². The molecule has 0 bridgehead atoms. The highest BCUT2D eigenvalue weighted by molar-refractivity contribution is 6.36. The van der Waals surface area contributed by atoms with Gasteiger partial charge in [-0.3, -0.25) is 4.79 Å². The van der Waals surface area contributed by atoms with Gasteiger partial charge in [0.15, 0.2) is 11.7 Å². The second kappa shape index (κ2) is 8.58. The molecule has 1 amide bonds. The van der Waals surface area contributed by atoms with E-state index < -0.39 is 24.2 Å². The molecule has 2 aliphatic rings. The Morgan fingerprint density at radius 2 is 2.13 bits per heavy atom. The summed E-state index contributed by atoms with van der Waals surface area (Å²) in [5, 5.41) is 9.46. The van der Waals surface area contributed by atoms with Gasteiger partial charge in [0.25, 0.3) is 5.91 Å². The maximum atomic E-state index is 13.9. The van der Waals surface area contributed by atoms with Crippen molar-refractivity contribution in [3.05, 3.63) is 40.5 Å². The van der Waals surface area contributed by atoms with Gasteiger partial charge in [0.2, 0.25) is 0 Å². The number of carbonyl (C=O) groups excluding carboxylic acids is 1. The van der Waals surface area contributed by atoms with Crippen LogP contribution in [0.1, 0.15) is 47.4 Å². The van der Waals surface area contributed by atoms with E-state index in [1.807, 2.05) is 0 Å². The quantitative estimate of drug-likeness (QED) is 0.705. The molecule has 168 valence electrons. The van der Waals surface area contributed by atoms with Crippen LogP contribution in [0.5, 0.6) is 5.75 Å². The fraction of sp³-hybridized carbons (Fsp3) is 0.500. The van der Waals surface area contributed by atoms with Gasteiger partial charge in [-0.2, -0.15) is 18.3 Å². The summed E-state index contributed by atoms with van der Waals surface area (Å²) in [5.74, 6) is -0.0651. The SMILES string of the molecule is COc1ccc([C@@H]2C[C@@H](C(F)(F)F)n3nc(C(=O)NC[C@@H]4CCCO4)c(Cl)c3N2)cc1. The number of carbonyl (C=O) groups is 1. The van der Waals surface area contributed by atoms with Crippen LogP contribution >= 0.6 is 11.6 Å². The van der Waals surface area contributed by atoms with E-state index in [2.05, 4.69) is 15.7 Å². The predicted octanol–water partition coefficient (Wildman–Crippen LogP) is 4.11. The molecule has 2 N–H and O–H groups in total. The van der Waals surface area contributed by atoms with E-state index >= 15 is 0 Å². The minimum Gasteiger partial charge on any atom is -0.497 e. The monoisotopic (exact) mass is 458 g/mol. The van der Waals surface area contributed by atoms with Crippen LogP contribution in [0.25, 0.3) is 0 Å². The Kier molecular flexibility index (Phi) is 6.02. The molecule has 4 rings (SSSR count). The van der Waals surface area contributed by atoms with Gasteiger partial charge in [-0.15, -0.1) is 0 Å². The molecule has 0 saturated carbocycles. The summed E-state index contributed by atoms with van der Waals surface area (Å²) in [6, 6.07) is 4.15. The van der Waals surface area contributed by atoms with Gasteiger partial charge in [-0.1, -0.05) is 23.7 Å². The molecule has 1 aromatic carbocycles. The number of benzene rings is 1. The maximum Gasteiger partial charge on any atom is 0.410 e. The molecule has 0 aliphatic carbocycles. The van der Waals surface area contributed by atoms with Crippen LogP contribution in [-0.4, -0.2) is 48.2 Å². The van der Waals surface area contributed by atoms with Crippen molar-refractivity contribution < 1.29 is 27.4 Å². The summed E-state index contributed by atoms with van der Waals surface area (Å²) in [7, 11) is 1.51. The summed E-state index contributed by atoms with van der Waals surface area (Å²) in [4.78, 5) is 12.6. The summed E-state index contributed by atoms with van der Waals surface area (Å²) in [5.41, 5.74) is 0.398. The van der Waals surface area contributed by atoms with E-state index in [1.165, 1.54) is 7.11 Å². The largest absolute Gasteiger partial charge is 0.497 e. The van der Waals surface area contributed by atoms with Crippen LogP contribution < -0.4 is 15.4 Å². The van der Waals surface area contributed by atoms with Crippen LogP contribution in [0.15, 0.2) is 24.3 Å². The van der Waals surface area contributed by atoms with Gasteiger partial charge in [0.05, 0.1) is 19.3 Å². The molecule has 11 heteroatoms. The zero-order valence-corrected chi connectivity index (χ0v) is 17.5. The van der Waals surface area contributed by atoms with Crippen LogP contribution in [0, 0.1) is 0 Å². The number of ether oxygens (including phenoxy) is 2. The second-order valence-electron chi connectivity index (χ2n) is 7.56. The smallest absolute Gasteiger partial charge is 0.410 e. The van der Waals surface area contributed by atoms with E-state index in [-0.39, 0.29) is 35.6 Å². The summed E-state index contributed by atoms with van der Waals surface area (Å²) in [6.07, 6.45) is -3.25. The summed E-state index contributed by atoms with van der Waals surface area (Å²) >= 11 is 6.32. The number of rotatable bonds is 5. The van der Waals surface area contributed by atoms with Crippen LogP contribution in [-0.2, 0) is 4.74 Å². The molecule has 1 fully saturated rings. The van der Waals surface area contributed by atoms with E-state index in [1.54, 1.807) is 24.3 Å². The fourth-order valence-corrected chi connectivity index (χ4v) is 4.15. The zero-order chi connectivity index (χ0) is 22.2. The normalized spacial score (nSPS) is 23.2. The van der Waals surface area contributed by atoms with Crippen LogP contribution in [0.3, 0.4) is 0 Å². The number of alkyl halides is 3. The topological polar surface area (TPSA) is 77.4 Å². The lowest BCUT2D eigenvalue weighted by Gasteiger charge is -2.33. The highest BCUT2D eigenvalue weighted by atomic mass is 35.5. The molecule has 3 atom stereocenters. The third-order valence-electron chi connectivity index (χ3n) is 5.54. The van der Waals surface area contributed by atoms with Crippen molar-refractivity contribution in [3.8, 4) is 5.75 Å². The number of methoxy groups -OCH3 is 1. The number of nitrogens with zero attached hydrogens (tertiary/aromatic N) is 2. The van der Waals surface area contributed by atoms with Crippen molar-refractivity contribution in [3.63, 3.8) is 0 Å². The molecule has 0 radical (unpaired) electrons. The molecule has 0 unspecified atom stereocenters. The van der Waals surface area contributed by atoms with Gasteiger partial charge in [-0.25, -0.2) is 4.68 Å². The van der Waals surface area contributed by atoms with Crippen molar-refractivity contribution in [2.75, 3.05) is 25.6 Å². The Morgan fingerprint density at radius 3 is 2.74 bits per heavy atom. The number of nitrogens with one attached hydrogen (secondary N) is 2. The first-order valence-corrected chi connectivity index (χ1v) is 10.3. The molecular weight excluding hydrogens is 437 g/mol. The highest BCUT2D eigenvalue weighted by Gasteiger charge is 2.47. The van der Waals surface area contributed by atoms with Gasteiger partial charge in [0.1, 0.15) is 16.6 Å². The Bertz CT molecular complexity index is 942. The average Bonchev–Trinajstić information content (AvgIpc) is 3.39. The van der Waals surface area contributed by atoms with Gasteiger partial charge >= 0.3 is 6.18 Å². The fourth-order valence-electron chi connectivity index (χ4n) is 3.89. The third-order valence-corrected chi connectivity index (χ3v) is 5.90. The first-order valence-electron chi connectivity index (χ1n) is 9.93. The molecule has 2 aromatic rings. The van der Waals surface area contributed by atoms with Crippen molar-refractivity contribution in [2.24, 2.45) is 0 Å². The van der Waals surface area contributed by atoms with Crippen molar-refractivity contribution in [1.82, 2.24) is 15.1 Å². The first-order chi connectivity index (χ1) is 14.8. The predicted molar refractivity (Wildman–Crippen MR) is 108 cm³/mol. The lowest BCUT2D eigenvalue weighted by atomic mass is 9.97. The van der Waals surface area contributed by atoms with Gasteiger partial charge < -0.3 is 20.1 Å². The molecule has 0 spiro atoms. The molecule has 7 nitrogen and oxygen atoms in total. The van der Waals surface area contributed by atoms with Gasteiger partial charge in [-0.05, 0) is 30.5 Å². The number of anilines is 1. The second-order valence-corrected chi connectivity index (χ2v) is 7.94. The third kappa shape index (κ3) is 4.45. The zero-order valence-electron chi connectivity index (χ0n) is 16.7. The lowest BCUT2D eigenvalue weighted by Crippen LogP contribution is -2.36.